The van der Waals surface area contributed by atoms with Crippen LogP contribution in [0.5, 0.6) is 0 Å². The van der Waals surface area contributed by atoms with E-state index in [9.17, 15) is 28.8 Å². The highest BCUT2D eigenvalue weighted by Crippen LogP contribution is 2.24. The number of aromatic nitrogens is 12. The SMILES string of the molecule is C=CCc1cnc(N(C(=O)OC(C)(C)C)C(=O)OC(C)(C)C)cn1.C=CCc1cnc(N)cn1.CC(C)(C)OC(=O)N(C(=O)OC(C)(C)C)c1cnc(CCO)cn1.COCCc1cnc(N(C(=O)OC(C)(C)C)C(=O)OC(C)(C)C)cn1.COCCc1cnc(N)c(Br)n1.COCCc1cnc(N)cn1. The summed E-state index contributed by atoms with van der Waals surface area (Å²) in [4.78, 5) is 125. The Balaban J connectivity index is 0.000000658. The summed E-state index contributed by atoms with van der Waals surface area (Å²) in [6.07, 6.45) is 18.2. The van der Waals surface area contributed by atoms with Crippen molar-refractivity contribution < 1.29 is 76.5 Å². The van der Waals surface area contributed by atoms with Gasteiger partial charge in [-0.2, -0.15) is 14.7 Å². The molecule has 0 unspecified atom stereocenters. The molecule has 0 fully saturated rings. The molecule has 0 radical (unpaired) electrons. The second kappa shape index (κ2) is 45.3. The number of halogens is 1. The number of nitrogens with zero attached hydrogens (tertiary/aromatic N) is 15. The second-order valence-corrected chi connectivity index (χ2v) is 28.8. The lowest BCUT2D eigenvalue weighted by Crippen LogP contribution is -2.44. The third-order valence-electron chi connectivity index (χ3n) is 11.2. The standard InChI is InChI=1S/C17H27N3O5.C17H25N3O4.C16H25N3O5.C7H10BrN3O.C7H11N3O.C7H9N3/c1-16(2,3)24-14(21)20(15(22)25-17(4,5)6)13-11-18-12(10-19-13)8-9-23-7;1-8-9-12-10-19-13(11-18-12)20(14(21)23-16(2,3)4)15(22)24-17(5,6)7;1-15(2,3)23-13(21)19(14(22)24-16(4,5)6)12-10-17-11(7-8-20)9-18-12;1-12-3-2-5-4-10-7(9)6(8)11-5;1-11-3-2-6-4-10-7(8)5-9-6;1-2-3-6-4-10-7(8)5-9-6/h10-11H,8-9H2,1-7H3;8,10-11H,1,9H2,2-7H3;9-10,20H,7-8H2,1-6H3;4H,2-3H2,1H3,(H2,9,10);4-5H,2-3H2,1H3,(H2,8,10);2,4-5H,1,3H2,(H2,8,10). The molecule has 0 aliphatic carbocycles. The number of aliphatic hydroxyl groups is 1. The summed E-state index contributed by atoms with van der Waals surface area (Å²) in [5.41, 5.74) is 16.0. The topological polar surface area (TPSA) is 448 Å². The molecule has 6 aromatic heterocycles. The van der Waals surface area contributed by atoms with Crippen molar-refractivity contribution in [3.05, 3.63) is 132 Å². The van der Waals surface area contributed by atoms with Gasteiger partial charge in [-0.1, -0.05) is 12.2 Å². The first-order valence-corrected chi connectivity index (χ1v) is 33.9. The highest BCUT2D eigenvalue weighted by molar-refractivity contribution is 9.10. The minimum Gasteiger partial charge on any atom is -0.443 e. The zero-order chi connectivity index (χ0) is 80.8. The summed E-state index contributed by atoms with van der Waals surface area (Å²) in [5, 5.41) is 8.90. The Labute approximate surface area is 629 Å². The highest BCUT2D eigenvalue weighted by atomic mass is 79.9. The van der Waals surface area contributed by atoms with Crippen molar-refractivity contribution in [2.75, 3.05) is 79.7 Å². The van der Waals surface area contributed by atoms with E-state index in [0.29, 0.717) is 83.1 Å². The van der Waals surface area contributed by atoms with Crippen molar-refractivity contribution in [1.82, 2.24) is 59.8 Å². The third kappa shape index (κ3) is 41.4. The molecule has 0 spiro atoms. The van der Waals surface area contributed by atoms with Crippen molar-refractivity contribution >= 4 is 87.4 Å². The lowest BCUT2D eigenvalue weighted by Gasteiger charge is -2.27. The van der Waals surface area contributed by atoms with Crippen LogP contribution in [0.15, 0.2) is 98.1 Å². The molecule has 0 aromatic carbocycles. The normalized spacial score (nSPS) is 11.1. The highest BCUT2D eigenvalue weighted by Gasteiger charge is 2.37. The average Bonchev–Trinajstić information content (AvgIpc) is 0.834. The van der Waals surface area contributed by atoms with E-state index in [1.165, 1.54) is 37.2 Å². The van der Waals surface area contributed by atoms with Crippen molar-refractivity contribution in [3.63, 3.8) is 0 Å². The summed E-state index contributed by atoms with van der Waals surface area (Å²) in [5.74, 6) is 1.37. The van der Waals surface area contributed by atoms with E-state index in [4.69, 9.17) is 64.9 Å². The van der Waals surface area contributed by atoms with Crippen LogP contribution in [-0.4, -0.2) is 183 Å². The molecule has 34 nitrogen and oxygen atoms in total. The lowest BCUT2D eigenvalue weighted by atomic mass is 10.2. The number of aliphatic hydroxyl groups excluding tert-OH is 1. The van der Waals surface area contributed by atoms with Crippen LogP contribution in [0.3, 0.4) is 0 Å². The summed E-state index contributed by atoms with van der Waals surface area (Å²) in [6, 6.07) is 0. The van der Waals surface area contributed by atoms with Gasteiger partial charge < -0.3 is 64.9 Å². The largest absolute Gasteiger partial charge is 0.443 e. The number of allylic oxidation sites excluding steroid dienone is 2. The minimum absolute atomic E-state index is 0.0137. The number of nitrogens with two attached hydrogens (primary N) is 3. The molecule has 0 saturated heterocycles. The number of amides is 6. The van der Waals surface area contributed by atoms with Crippen LogP contribution in [-0.2, 0) is 81.2 Å². The molecule has 6 amide bonds. The molecule has 35 heteroatoms. The maximum absolute atomic E-state index is 12.5. The maximum atomic E-state index is 12.5. The fourth-order valence-corrected chi connectivity index (χ4v) is 7.24. The fraction of sp³-hybridized carbons (Fsp3) is 0.521. The predicted octanol–water partition coefficient (Wildman–Crippen LogP) is 12.0. The van der Waals surface area contributed by atoms with Crippen LogP contribution < -0.4 is 31.9 Å². The number of carbonyl (C=O) groups is 6. The predicted molar refractivity (Wildman–Crippen MR) is 403 cm³/mol. The Morgan fingerprint density at radius 3 is 0.849 bits per heavy atom. The smallest absolute Gasteiger partial charge is 0.425 e. The van der Waals surface area contributed by atoms with Gasteiger partial charge in [-0.05, 0) is 141 Å². The summed E-state index contributed by atoms with van der Waals surface area (Å²) < 4.78 is 47.0. The van der Waals surface area contributed by atoms with Crippen LogP contribution in [0.4, 0.5) is 63.7 Å². The number of methoxy groups -OCH3 is 3. The van der Waals surface area contributed by atoms with Crippen molar-refractivity contribution in [2.45, 2.75) is 197 Å². The van der Waals surface area contributed by atoms with Gasteiger partial charge in [-0.25, -0.2) is 63.7 Å². The Hall–Kier alpha value is -10.1. The fourth-order valence-electron chi connectivity index (χ4n) is 6.91. The maximum Gasteiger partial charge on any atom is 0.425 e. The van der Waals surface area contributed by atoms with Crippen LogP contribution in [0.25, 0.3) is 0 Å². The zero-order valence-corrected chi connectivity index (χ0v) is 66.5. The summed E-state index contributed by atoms with van der Waals surface area (Å²) in [7, 11) is 4.90. The van der Waals surface area contributed by atoms with Crippen LogP contribution >= 0.6 is 15.9 Å². The number of rotatable bonds is 18. The number of hydrogen-bond acceptors (Lipinski definition) is 31. The van der Waals surface area contributed by atoms with E-state index < -0.39 is 70.2 Å². The van der Waals surface area contributed by atoms with Crippen LogP contribution in [0.1, 0.15) is 159 Å². The van der Waals surface area contributed by atoms with Crippen LogP contribution in [0.2, 0.25) is 0 Å². The number of carbonyl (C=O) groups excluding carboxylic acids is 6. The molecule has 6 aromatic rings. The molecule has 6 rings (SSSR count). The molecule has 106 heavy (non-hydrogen) atoms. The Bertz CT molecular complexity index is 3570. The number of anilines is 6. The molecule has 0 atom stereocenters. The van der Waals surface area contributed by atoms with Crippen molar-refractivity contribution in [2.24, 2.45) is 0 Å². The lowest BCUT2D eigenvalue weighted by molar-refractivity contribution is 0.0406. The average molecular weight is 1550 g/mol. The van der Waals surface area contributed by atoms with Gasteiger partial charge in [0.2, 0.25) is 0 Å². The molecule has 0 saturated carbocycles. The molecular formula is C71H107BrN18O16. The van der Waals surface area contributed by atoms with E-state index in [-0.39, 0.29) is 24.1 Å². The Morgan fingerprint density at radius 1 is 0.377 bits per heavy atom. The van der Waals surface area contributed by atoms with Gasteiger partial charge >= 0.3 is 36.6 Å². The first-order valence-electron chi connectivity index (χ1n) is 33.1. The first-order chi connectivity index (χ1) is 49.2. The molecule has 7 N–H and O–H groups in total. The van der Waals surface area contributed by atoms with Gasteiger partial charge in [0.05, 0.1) is 122 Å². The van der Waals surface area contributed by atoms with E-state index >= 15 is 0 Å². The number of imide groups is 3. The number of ether oxygens (including phenoxy) is 9. The molecular weight excluding hydrogens is 1440 g/mol. The van der Waals surface area contributed by atoms with Gasteiger partial charge in [0.1, 0.15) is 49.8 Å². The first kappa shape index (κ1) is 93.9. The van der Waals surface area contributed by atoms with Gasteiger partial charge in [-0.15, -0.1) is 13.2 Å². The Morgan fingerprint density at radius 2 is 0.623 bits per heavy atom. The Kier molecular flexibility index (Phi) is 40.1. The third-order valence-corrected chi connectivity index (χ3v) is 11.8. The van der Waals surface area contributed by atoms with Crippen LogP contribution in [0, 0.1) is 0 Å². The molecule has 0 aliphatic heterocycles. The van der Waals surface area contributed by atoms with Gasteiger partial charge in [0.25, 0.3) is 0 Å². The number of nitrogen functional groups attached to an aromatic ring is 3. The second-order valence-electron chi connectivity index (χ2n) is 28.1. The minimum atomic E-state index is -0.902. The van der Waals surface area contributed by atoms with Gasteiger partial charge in [0, 0.05) is 66.5 Å². The van der Waals surface area contributed by atoms with E-state index in [2.05, 4.69) is 88.9 Å². The summed E-state index contributed by atoms with van der Waals surface area (Å²) in [6.45, 7) is 39.5. The van der Waals surface area contributed by atoms with Crippen molar-refractivity contribution in [3.8, 4) is 0 Å². The molecule has 584 valence electrons. The number of hydrogen-bond donors (Lipinski definition) is 4. The molecule has 0 aliphatic rings. The van der Waals surface area contributed by atoms with Gasteiger partial charge in [-0.3, -0.25) is 24.9 Å². The van der Waals surface area contributed by atoms with E-state index in [1.54, 1.807) is 189 Å². The molecule has 6 heterocycles. The monoisotopic (exact) mass is 1550 g/mol. The zero-order valence-electron chi connectivity index (χ0n) is 64.9. The van der Waals surface area contributed by atoms with Crippen molar-refractivity contribution in [1.29, 1.82) is 0 Å². The van der Waals surface area contributed by atoms with Gasteiger partial charge in [0.15, 0.2) is 23.3 Å². The molecule has 0 bridgehead atoms. The van der Waals surface area contributed by atoms with E-state index in [0.717, 1.165) is 46.1 Å². The quantitative estimate of drug-likeness (QED) is 0.0458. The van der Waals surface area contributed by atoms with E-state index in [1.807, 2.05) is 0 Å². The summed E-state index contributed by atoms with van der Waals surface area (Å²) >= 11 is 3.20.